The van der Waals surface area contributed by atoms with Crippen LogP contribution < -0.4 is 4.80 Å². The quantitative estimate of drug-likeness (QED) is 0.706. The molecule has 3 aromatic rings. The lowest BCUT2D eigenvalue weighted by atomic mass is 10.2. The standard InChI is InChI=1S/C18H15N3S/c19-12-7-13-21-17(15-8-3-1-4-9-15)14-22-18(21)20-16-10-5-2-6-11-16/h1-6,8-11,14H,7,13H2. The van der Waals surface area contributed by atoms with E-state index in [0.29, 0.717) is 13.0 Å². The minimum absolute atomic E-state index is 0.471. The molecule has 0 aliphatic heterocycles. The van der Waals surface area contributed by atoms with Gasteiger partial charge in [-0.15, -0.1) is 11.3 Å². The van der Waals surface area contributed by atoms with Crippen molar-refractivity contribution in [3.8, 4) is 17.3 Å². The summed E-state index contributed by atoms with van der Waals surface area (Å²) < 4.78 is 2.12. The SMILES string of the molecule is N#CCCn1c(-c2ccccc2)csc1=Nc1ccccc1. The third-order valence-electron chi connectivity index (χ3n) is 3.30. The van der Waals surface area contributed by atoms with Crippen molar-refractivity contribution in [1.82, 2.24) is 4.57 Å². The molecule has 0 amide bonds. The first-order chi connectivity index (χ1) is 10.9. The van der Waals surface area contributed by atoms with E-state index in [2.05, 4.69) is 28.1 Å². The highest BCUT2D eigenvalue weighted by Gasteiger charge is 2.07. The summed E-state index contributed by atoms with van der Waals surface area (Å²) in [5.74, 6) is 0. The maximum atomic E-state index is 8.92. The maximum absolute atomic E-state index is 8.92. The summed E-state index contributed by atoms with van der Waals surface area (Å²) >= 11 is 1.60. The van der Waals surface area contributed by atoms with Gasteiger partial charge in [-0.1, -0.05) is 48.5 Å². The molecule has 0 aliphatic rings. The van der Waals surface area contributed by atoms with E-state index >= 15 is 0 Å². The normalized spacial score (nSPS) is 11.3. The number of rotatable bonds is 4. The van der Waals surface area contributed by atoms with Crippen molar-refractivity contribution in [2.75, 3.05) is 0 Å². The van der Waals surface area contributed by atoms with Crippen LogP contribution in [0.4, 0.5) is 5.69 Å². The Balaban J connectivity index is 2.10. The molecule has 0 saturated heterocycles. The Morgan fingerprint density at radius 3 is 2.36 bits per heavy atom. The lowest BCUT2D eigenvalue weighted by Gasteiger charge is -2.06. The number of hydrogen-bond donors (Lipinski definition) is 0. The van der Waals surface area contributed by atoms with E-state index in [1.54, 1.807) is 11.3 Å². The molecule has 1 heterocycles. The summed E-state index contributed by atoms with van der Waals surface area (Å²) in [7, 11) is 0. The fourth-order valence-electron chi connectivity index (χ4n) is 2.25. The molecule has 3 nitrogen and oxygen atoms in total. The molecule has 0 saturated carbocycles. The number of nitrogens with zero attached hydrogens (tertiary/aromatic N) is 3. The fraction of sp³-hybridized carbons (Fsp3) is 0.111. The second kappa shape index (κ2) is 6.88. The molecule has 0 N–H and O–H groups in total. The second-order valence-electron chi connectivity index (χ2n) is 4.78. The van der Waals surface area contributed by atoms with Crippen molar-refractivity contribution in [3.05, 3.63) is 70.8 Å². The van der Waals surface area contributed by atoms with E-state index < -0.39 is 0 Å². The number of nitriles is 1. The molecule has 4 heteroatoms. The van der Waals surface area contributed by atoms with E-state index in [0.717, 1.165) is 21.7 Å². The molecule has 0 bridgehead atoms. The predicted octanol–water partition coefficient (Wildman–Crippen LogP) is 4.36. The molecule has 0 unspecified atom stereocenters. The van der Waals surface area contributed by atoms with Crippen molar-refractivity contribution < 1.29 is 0 Å². The Morgan fingerprint density at radius 1 is 1.00 bits per heavy atom. The smallest absolute Gasteiger partial charge is 0.190 e. The summed E-state index contributed by atoms with van der Waals surface area (Å²) in [6.45, 7) is 0.649. The van der Waals surface area contributed by atoms with Crippen molar-refractivity contribution >= 4 is 17.0 Å². The van der Waals surface area contributed by atoms with Crippen LogP contribution in [0.1, 0.15) is 6.42 Å². The Bertz CT molecular complexity index is 839. The van der Waals surface area contributed by atoms with Crippen molar-refractivity contribution in [2.45, 2.75) is 13.0 Å². The van der Waals surface area contributed by atoms with Crippen LogP contribution in [0.3, 0.4) is 0 Å². The lowest BCUT2D eigenvalue weighted by molar-refractivity contribution is 0.701. The van der Waals surface area contributed by atoms with Crippen LogP contribution in [0.5, 0.6) is 0 Å². The van der Waals surface area contributed by atoms with E-state index in [1.165, 1.54) is 0 Å². The molecule has 0 atom stereocenters. The molecule has 0 radical (unpaired) electrons. The van der Waals surface area contributed by atoms with E-state index in [1.807, 2.05) is 48.5 Å². The van der Waals surface area contributed by atoms with Crippen molar-refractivity contribution in [1.29, 1.82) is 5.26 Å². The third-order valence-corrected chi connectivity index (χ3v) is 4.16. The maximum Gasteiger partial charge on any atom is 0.190 e. The number of benzene rings is 2. The number of thiazole rings is 1. The van der Waals surface area contributed by atoms with E-state index in [4.69, 9.17) is 10.3 Å². The highest BCUT2D eigenvalue weighted by Crippen LogP contribution is 2.20. The van der Waals surface area contributed by atoms with Crippen LogP contribution in [-0.4, -0.2) is 4.57 Å². The van der Waals surface area contributed by atoms with E-state index in [-0.39, 0.29) is 0 Å². The van der Waals surface area contributed by atoms with Gasteiger partial charge in [0.25, 0.3) is 0 Å². The van der Waals surface area contributed by atoms with Crippen LogP contribution >= 0.6 is 11.3 Å². The van der Waals surface area contributed by atoms with Gasteiger partial charge in [0.15, 0.2) is 4.80 Å². The zero-order chi connectivity index (χ0) is 15.2. The van der Waals surface area contributed by atoms with Crippen LogP contribution in [0, 0.1) is 11.3 Å². The molecular formula is C18H15N3S. The Kier molecular flexibility index (Phi) is 4.47. The summed E-state index contributed by atoms with van der Waals surface area (Å²) in [4.78, 5) is 5.63. The monoisotopic (exact) mass is 305 g/mol. The first kappa shape index (κ1) is 14.3. The summed E-state index contributed by atoms with van der Waals surface area (Å²) in [6.07, 6.45) is 0.471. The van der Waals surface area contributed by atoms with Crippen molar-refractivity contribution in [3.63, 3.8) is 0 Å². The van der Waals surface area contributed by atoms with Crippen LogP contribution in [0.25, 0.3) is 11.3 Å². The molecule has 0 fully saturated rings. The zero-order valence-corrected chi connectivity index (χ0v) is 12.8. The van der Waals surface area contributed by atoms with Crippen molar-refractivity contribution in [2.24, 2.45) is 4.99 Å². The van der Waals surface area contributed by atoms with Gasteiger partial charge in [-0.05, 0) is 17.7 Å². The molecule has 3 rings (SSSR count). The highest BCUT2D eigenvalue weighted by atomic mass is 32.1. The van der Waals surface area contributed by atoms with Gasteiger partial charge < -0.3 is 4.57 Å². The molecule has 2 aromatic carbocycles. The third kappa shape index (κ3) is 3.16. The molecular weight excluding hydrogens is 290 g/mol. The van der Waals surface area contributed by atoms with Crippen LogP contribution in [-0.2, 0) is 6.54 Å². The summed E-state index contributed by atoms with van der Waals surface area (Å²) in [5, 5.41) is 11.0. The van der Waals surface area contributed by atoms with Gasteiger partial charge in [0, 0.05) is 11.9 Å². The van der Waals surface area contributed by atoms with Gasteiger partial charge in [-0.3, -0.25) is 0 Å². The molecule has 0 spiro atoms. The topological polar surface area (TPSA) is 41.1 Å². The van der Waals surface area contributed by atoms with Gasteiger partial charge in [0.05, 0.1) is 23.9 Å². The average Bonchev–Trinajstić information content (AvgIpc) is 2.97. The lowest BCUT2D eigenvalue weighted by Crippen LogP contribution is -2.15. The predicted molar refractivity (Wildman–Crippen MR) is 89.6 cm³/mol. The second-order valence-corrected chi connectivity index (χ2v) is 5.61. The Labute approximate surface area is 133 Å². The fourth-order valence-corrected chi connectivity index (χ4v) is 3.20. The first-order valence-corrected chi connectivity index (χ1v) is 7.97. The largest absolute Gasteiger partial charge is 0.315 e. The van der Waals surface area contributed by atoms with Gasteiger partial charge in [-0.2, -0.15) is 5.26 Å². The number of aromatic nitrogens is 1. The Hall–Kier alpha value is -2.64. The first-order valence-electron chi connectivity index (χ1n) is 7.09. The van der Waals surface area contributed by atoms with Gasteiger partial charge in [0.1, 0.15) is 0 Å². The molecule has 22 heavy (non-hydrogen) atoms. The minimum atomic E-state index is 0.471. The van der Waals surface area contributed by atoms with E-state index in [9.17, 15) is 0 Å². The highest BCUT2D eigenvalue weighted by molar-refractivity contribution is 7.07. The minimum Gasteiger partial charge on any atom is -0.315 e. The zero-order valence-electron chi connectivity index (χ0n) is 12.0. The molecule has 108 valence electrons. The Morgan fingerprint density at radius 2 is 1.68 bits per heavy atom. The number of hydrogen-bond acceptors (Lipinski definition) is 3. The van der Waals surface area contributed by atoms with Gasteiger partial charge in [-0.25, -0.2) is 4.99 Å². The van der Waals surface area contributed by atoms with Crippen LogP contribution in [0.2, 0.25) is 0 Å². The average molecular weight is 305 g/mol. The van der Waals surface area contributed by atoms with Gasteiger partial charge in [0.2, 0.25) is 0 Å². The molecule has 0 aliphatic carbocycles. The van der Waals surface area contributed by atoms with Crippen LogP contribution in [0.15, 0.2) is 71.0 Å². The van der Waals surface area contributed by atoms with Gasteiger partial charge >= 0.3 is 0 Å². The number of para-hydroxylation sites is 1. The summed E-state index contributed by atoms with van der Waals surface area (Å²) in [5.41, 5.74) is 3.18. The molecule has 1 aromatic heterocycles. The summed E-state index contributed by atoms with van der Waals surface area (Å²) in [6, 6.07) is 22.3.